The number of nitrogens with one attached hydrogen (secondary N) is 1. The lowest BCUT2D eigenvalue weighted by molar-refractivity contribution is -0.520. The molecule has 170 valence electrons. The van der Waals surface area contributed by atoms with E-state index in [1.165, 1.54) is 29.6 Å². The summed E-state index contributed by atoms with van der Waals surface area (Å²) in [4.78, 5) is 60.7. The zero-order chi connectivity index (χ0) is 22.8. The largest absolute Gasteiger partial charge is 0.350 e. The first-order valence-electron chi connectivity index (χ1n) is 10.4. The average Bonchev–Trinajstić information content (AvgIpc) is 3.47. The van der Waals surface area contributed by atoms with E-state index in [9.17, 15) is 19.2 Å². The van der Waals surface area contributed by atoms with Gasteiger partial charge in [-0.05, 0) is 16.4 Å². The summed E-state index contributed by atoms with van der Waals surface area (Å²) >= 11 is 1.41. The molecule has 0 radical (unpaired) electrons. The number of likely N-dealkylation sites (N-methyl/N-ethyl adjacent to an activating group) is 2. The Hall–Kier alpha value is -3.12. The summed E-state index contributed by atoms with van der Waals surface area (Å²) in [5, 5.41) is 4.79. The molecule has 0 aromatic carbocycles. The van der Waals surface area contributed by atoms with Crippen molar-refractivity contribution in [1.82, 2.24) is 24.9 Å². The van der Waals surface area contributed by atoms with Gasteiger partial charge in [0.1, 0.15) is 0 Å². The number of aliphatic imine (C=N–C) groups is 1. The molecule has 1 unspecified atom stereocenters. The number of rotatable bonds is 6. The van der Waals surface area contributed by atoms with E-state index < -0.39 is 12.1 Å². The van der Waals surface area contributed by atoms with Crippen LogP contribution in [-0.4, -0.2) is 126 Å². The number of carbonyl (C=O) groups excluding carboxylic acids is 4. The molecule has 1 aromatic rings. The summed E-state index contributed by atoms with van der Waals surface area (Å²) in [7, 11) is 3.00. The van der Waals surface area contributed by atoms with Crippen molar-refractivity contribution in [3.63, 3.8) is 0 Å². The monoisotopic (exact) mass is 460 g/mol. The number of imide groups is 1. The van der Waals surface area contributed by atoms with Gasteiger partial charge in [0, 0.05) is 53.4 Å². The van der Waals surface area contributed by atoms with Crippen LogP contribution in [0.25, 0.3) is 0 Å². The molecule has 0 aliphatic carbocycles. The molecular weight excluding hydrogens is 434 g/mol. The maximum absolute atomic E-state index is 12.8. The van der Waals surface area contributed by atoms with Crippen LogP contribution >= 0.6 is 11.3 Å². The number of hydrogen-bond acceptors (Lipinski definition) is 7. The van der Waals surface area contributed by atoms with Crippen LogP contribution in [0.15, 0.2) is 22.5 Å². The first kappa shape index (κ1) is 22.1. The van der Waals surface area contributed by atoms with Crippen LogP contribution in [0.4, 0.5) is 4.79 Å². The van der Waals surface area contributed by atoms with Crippen molar-refractivity contribution >= 4 is 47.3 Å². The molecule has 4 heterocycles. The highest BCUT2D eigenvalue weighted by molar-refractivity contribution is 7.12. The summed E-state index contributed by atoms with van der Waals surface area (Å²) < 4.78 is 1.59. The van der Waals surface area contributed by atoms with Crippen molar-refractivity contribution in [2.75, 3.05) is 59.9 Å². The maximum Gasteiger partial charge on any atom is 0.333 e. The van der Waals surface area contributed by atoms with E-state index in [-0.39, 0.29) is 24.3 Å². The molecule has 2 saturated heterocycles. The molecule has 0 spiro atoms. The zero-order valence-electron chi connectivity index (χ0n) is 18.1. The molecule has 3 aliphatic heterocycles. The molecule has 12 heteroatoms. The van der Waals surface area contributed by atoms with Gasteiger partial charge in [-0.25, -0.2) is 9.37 Å². The molecule has 5 amide bonds. The smallest absolute Gasteiger partial charge is 0.333 e. The van der Waals surface area contributed by atoms with E-state index in [1.54, 1.807) is 22.6 Å². The Morgan fingerprint density at radius 3 is 2.62 bits per heavy atom. The standard InChI is InChI=1S/C20H25N7O4S/c1-23-17-16(19(30)24(2)20(23)31)27(13-22-17)12-15(28)26-9-7-25(8-10-26)6-5-21-18(29)14-4-3-11-32-14/h3-4,11,13,16H,5-10,12H2,1-2H3/p+1. The third kappa shape index (κ3) is 4.28. The topological polar surface area (TPSA) is 109 Å². The fraction of sp³-hybridized carbons (Fsp3) is 0.500. The Kier molecular flexibility index (Phi) is 6.33. The first-order valence-corrected chi connectivity index (χ1v) is 11.3. The lowest BCUT2D eigenvalue weighted by Gasteiger charge is -2.35. The first-order chi connectivity index (χ1) is 15.4. The highest BCUT2D eigenvalue weighted by Gasteiger charge is 2.51. The summed E-state index contributed by atoms with van der Waals surface area (Å²) in [6.07, 6.45) is 1.46. The molecular formula is C20H26N7O4S+. The number of hydrogen-bond donors (Lipinski definition) is 1. The lowest BCUT2D eigenvalue weighted by atomic mass is 10.1. The predicted molar refractivity (Wildman–Crippen MR) is 118 cm³/mol. The highest BCUT2D eigenvalue weighted by atomic mass is 32.1. The SMILES string of the molecule is CN1C(=O)C2C(=NC=[N+]2CC(=O)N2CCN(CCNC(=O)c3cccs3)CC2)N(C)C1=O. The second-order valence-corrected chi connectivity index (χ2v) is 8.82. The minimum Gasteiger partial charge on any atom is -0.350 e. The van der Waals surface area contributed by atoms with E-state index in [2.05, 4.69) is 15.2 Å². The van der Waals surface area contributed by atoms with Gasteiger partial charge in [-0.15, -0.1) is 11.3 Å². The quantitative estimate of drug-likeness (QED) is 0.546. The third-order valence-corrected chi connectivity index (χ3v) is 6.77. The molecule has 0 bridgehead atoms. The summed E-state index contributed by atoms with van der Waals surface area (Å²) in [5.74, 6) is -0.186. The van der Waals surface area contributed by atoms with Gasteiger partial charge in [-0.3, -0.25) is 29.1 Å². The molecule has 3 aliphatic rings. The zero-order valence-corrected chi connectivity index (χ0v) is 18.9. The van der Waals surface area contributed by atoms with Crippen LogP contribution in [-0.2, 0) is 9.59 Å². The van der Waals surface area contributed by atoms with Gasteiger partial charge < -0.3 is 10.2 Å². The van der Waals surface area contributed by atoms with E-state index in [4.69, 9.17) is 0 Å². The Balaban J connectivity index is 1.23. The van der Waals surface area contributed by atoms with Gasteiger partial charge in [-0.2, -0.15) is 0 Å². The molecule has 11 nitrogen and oxygen atoms in total. The van der Waals surface area contributed by atoms with Crippen LogP contribution in [0.2, 0.25) is 0 Å². The number of urea groups is 1. The summed E-state index contributed by atoms with van der Waals surface area (Å²) in [6, 6.07) is 2.46. The van der Waals surface area contributed by atoms with Crippen LogP contribution in [0, 0.1) is 0 Å². The number of amides is 5. The molecule has 32 heavy (non-hydrogen) atoms. The Morgan fingerprint density at radius 2 is 1.94 bits per heavy atom. The van der Waals surface area contributed by atoms with E-state index in [0.29, 0.717) is 43.4 Å². The number of carbonyl (C=O) groups is 4. The minimum absolute atomic E-state index is 0.0240. The van der Waals surface area contributed by atoms with Gasteiger partial charge in [-0.1, -0.05) is 6.07 Å². The van der Waals surface area contributed by atoms with Gasteiger partial charge in [0.15, 0.2) is 6.54 Å². The number of piperazine rings is 1. The van der Waals surface area contributed by atoms with Gasteiger partial charge in [0.05, 0.1) is 4.88 Å². The molecule has 0 saturated carbocycles. The fourth-order valence-electron chi connectivity index (χ4n) is 3.97. The summed E-state index contributed by atoms with van der Waals surface area (Å²) in [6.45, 7) is 3.89. The van der Waals surface area contributed by atoms with E-state index >= 15 is 0 Å². The van der Waals surface area contributed by atoms with Crippen molar-refractivity contribution in [2.24, 2.45) is 4.99 Å². The highest BCUT2D eigenvalue weighted by Crippen LogP contribution is 2.17. The van der Waals surface area contributed by atoms with Crippen LogP contribution in [0.5, 0.6) is 0 Å². The second kappa shape index (κ2) is 9.17. The van der Waals surface area contributed by atoms with Crippen molar-refractivity contribution in [3.8, 4) is 0 Å². The van der Waals surface area contributed by atoms with Crippen molar-refractivity contribution in [2.45, 2.75) is 6.04 Å². The van der Waals surface area contributed by atoms with Crippen molar-refractivity contribution < 1.29 is 23.8 Å². The van der Waals surface area contributed by atoms with Crippen molar-refractivity contribution in [3.05, 3.63) is 22.4 Å². The number of thiophene rings is 1. The van der Waals surface area contributed by atoms with E-state index in [0.717, 1.165) is 11.4 Å². The van der Waals surface area contributed by atoms with E-state index in [1.807, 2.05) is 11.4 Å². The Labute approximate surface area is 189 Å². The molecule has 1 aromatic heterocycles. The number of nitrogens with zero attached hydrogens (tertiary/aromatic N) is 6. The third-order valence-electron chi connectivity index (χ3n) is 5.90. The molecule has 1 N–H and O–H groups in total. The molecule has 4 rings (SSSR count). The minimum atomic E-state index is -0.750. The molecule has 1 atom stereocenters. The molecule has 2 fully saturated rings. The lowest BCUT2D eigenvalue weighted by Crippen LogP contribution is -2.62. The van der Waals surface area contributed by atoms with Gasteiger partial charge >= 0.3 is 6.03 Å². The second-order valence-electron chi connectivity index (χ2n) is 7.87. The fourth-order valence-corrected chi connectivity index (χ4v) is 4.61. The van der Waals surface area contributed by atoms with Crippen LogP contribution in [0.3, 0.4) is 0 Å². The van der Waals surface area contributed by atoms with Crippen LogP contribution < -0.4 is 5.32 Å². The number of amidine groups is 1. The maximum atomic E-state index is 12.8. The van der Waals surface area contributed by atoms with Gasteiger partial charge in [0.2, 0.25) is 0 Å². The Bertz CT molecular complexity index is 982. The van der Waals surface area contributed by atoms with Crippen LogP contribution in [0.1, 0.15) is 9.67 Å². The van der Waals surface area contributed by atoms with Gasteiger partial charge in [0.25, 0.3) is 35.9 Å². The number of fused-ring (bicyclic) bond motifs is 1. The predicted octanol–water partition coefficient (Wildman–Crippen LogP) is -1.03. The normalized spacial score (nSPS) is 21.4. The average molecular weight is 461 g/mol. The Morgan fingerprint density at radius 1 is 1.19 bits per heavy atom. The van der Waals surface area contributed by atoms with Crippen molar-refractivity contribution in [1.29, 1.82) is 0 Å². The summed E-state index contributed by atoms with van der Waals surface area (Å²) in [5.41, 5.74) is 0.